The summed E-state index contributed by atoms with van der Waals surface area (Å²) in [5.74, 6) is 1.80. The van der Waals surface area contributed by atoms with Gasteiger partial charge in [-0.05, 0) is 31.3 Å². The van der Waals surface area contributed by atoms with E-state index in [1.165, 1.54) is 38.6 Å². The largest absolute Gasteiger partial charge is 0.315 e. The molecule has 2 heteroatoms. The number of hydrogen-bond donors (Lipinski definition) is 2. The minimum Gasteiger partial charge on any atom is -0.315 e. The van der Waals surface area contributed by atoms with E-state index >= 15 is 0 Å². The molecule has 1 saturated carbocycles. The van der Waals surface area contributed by atoms with E-state index < -0.39 is 0 Å². The van der Waals surface area contributed by atoms with Crippen molar-refractivity contribution in [3.63, 3.8) is 0 Å². The highest BCUT2D eigenvalue weighted by atomic mass is 14.9. The fourth-order valence-electron chi connectivity index (χ4n) is 2.30. The predicted molar refractivity (Wildman–Crippen MR) is 67.2 cm³/mol. The number of hydrogen-bond acceptors (Lipinski definition) is 2. The standard InChI is InChI=1S/C13H28N2/c1-12(2)11-15-10-9-14-8-7-13-5-3-4-6-13/h12-15H,3-11H2,1-2H3. The normalized spacial score (nSPS) is 17.8. The number of rotatable bonds is 8. The molecule has 90 valence electrons. The van der Waals surface area contributed by atoms with Gasteiger partial charge in [-0.2, -0.15) is 0 Å². The summed E-state index contributed by atoms with van der Waals surface area (Å²) in [6, 6.07) is 0. The maximum Gasteiger partial charge on any atom is 0.00768 e. The highest BCUT2D eigenvalue weighted by Crippen LogP contribution is 2.26. The second kappa shape index (κ2) is 8.12. The van der Waals surface area contributed by atoms with E-state index in [1.807, 2.05) is 0 Å². The van der Waals surface area contributed by atoms with Crippen LogP contribution in [0.4, 0.5) is 0 Å². The summed E-state index contributed by atoms with van der Waals surface area (Å²) < 4.78 is 0. The van der Waals surface area contributed by atoms with E-state index in [-0.39, 0.29) is 0 Å². The quantitative estimate of drug-likeness (QED) is 0.604. The Hall–Kier alpha value is -0.0800. The molecule has 0 atom stereocenters. The third-order valence-electron chi connectivity index (χ3n) is 3.24. The van der Waals surface area contributed by atoms with E-state index in [0.717, 1.165) is 31.5 Å². The van der Waals surface area contributed by atoms with Gasteiger partial charge in [-0.3, -0.25) is 0 Å². The van der Waals surface area contributed by atoms with Crippen LogP contribution in [0.15, 0.2) is 0 Å². The Morgan fingerprint density at radius 1 is 1.00 bits per heavy atom. The number of nitrogens with one attached hydrogen (secondary N) is 2. The molecule has 1 rings (SSSR count). The molecule has 1 aliphatic carbocycles. The van der Waals surface area contributed by atoms with Gasteiger partial charge in [0.1, 0.15) is 0 Å². The first-order valence-corrected chi connectivity index (χ1v) is 6.70. The Labute approximate surface area is 95.2 Å². The summed E-state index contributed by atoms with van der Waals surface area (Å²) in [7, 11) is 0. The fourth-order valence-corrected chi connectivity index (χ4v) is 2.30. The summed E-state index contributed by atoms with van der Waals surface area (Å²) in [4.78, 5) is 0. The summed E-state index contributed by atoms with van der Waals surface area (Å²) in [5, 5.41) is 6.97. The van der Waals surface area contributed by atoms with Crippen molar-refractivity contribution >= 4 is 0 Å². The molecule has 0 aromatic heterocycles. The van der Waals surface area contributed by atoms with Gasteiger partial charge in [-0.25, -0.2) is 0 Å². The molecule has 0 bridgehead atoms. The molecule has 2 N–H and O–H groups in total. The van der Waals surface area contributed by atoms with Crippen LogP contribution in [0.2, 0.25) is 0 Å². The molecule has 0 radical (unpaired) electrons. The van der Waals surface area contributed by atoms with Crippen molar-refractivity contribution in [1.29, 1.82) is 0 Å². The molecule has 0 aromatic carbocycles. The van der Waals surface area contributed by atoms with Crippen molar-refractivity contribution in [2.24, 2.45) is 11.8 Å². The molecule has 0 unspecified atom stereocenters. The molecular weight excluding hydrogens is 184 g/mol. The van der Waals surface area contributed by atoms with Crippen molar-refractivity contribution in [1.82, 2.24) is 10.6 Å². The van der Waals surface area contributed by atoms with Crippen molar-refractivity contribution < 1.29 is 0 Å². The van der Waals surface area contributed by atoms with Crippen molar-refractivity contribution in [2.45, 2.75) is 46.0 Å². The topological polar surface area (TPSA) is 24.1 Å². The average Bonchev–Trinajstić information content (AvgIpc) is 2.68. The van der Waals surface area contributed by atoms with Gasteiger partial charge in [-0.1, -0.05) is 39.5 Å². The summed E-state index contributed by atoms with van der Waals surface area (Å²) in [5.41, 5.74) is 0. The fraction of sp³-hybridized carbons (Fsp3) is 1.00. The maximum atomic E-state index is 3.52. The summed E-state index contributed by atoms with van der Waals surface area (Å²) in [6.07, 6.45) is 7.30. The Bertz CT molecular complexity index is 139. The van der Waals surface area contributed by atoms with Crippen LogP contribution in [0.3, 0.4) is 0 Å². The zero-order valence-corrected chi connectivity index (χ0v) is 10.5. The minimum absolute atomic E-state index is 0.767. The second-order valence-corrected chi connectivity index (χ2v) is 5.29. The molecule has 2 nitrogen and oxygen atoms in total. The minimum atomic E-state index is 0.767. The second-order valence-electron chi connectivity index (χ2n) is 5.29. The third kappa shape index (κ3) is 6.91. The molecule has 0 aliphatic heterocycles. The van der Waals surface area contributed by atoms with Gasteiger partial charge in [0.05, 0.1) is 0 Å². The lowest BCUT2D eigenvalue weighted by molar-refractivity contribution is 0.470. The molecular formula is C13H28N2. The lowest BCUT2D eigenvalue weighted by atomic mass is 10.0. The van der Waals surface area contributed by atoms with Crippen LogP contribution in [0.5, 0.6) is 0 Å². The van der Waals surface area contributed by atoms with Crippen molar-refractivity contribution in [2.75, 3.05) is 26.2 Å². The maximum absolute atomic E-state index is 3.52. The van der Waals surface area contributed by atoms with Gasteiger partial charge >= 0.3 is 0 Å². The van der Waals surface area contributed by atoms with Gasteiger partial charge in [0, 0.05) is 13.1 Å². The SMILES string of the molecule is CC(C)CNCCNCCC1CCCC1. The molecule has 0 spiro atoms. The predicted octanol–water partition coefficient (Wildman–Crippen LogP) is 2.40. The smallest absolute Gasteiger partial charge is 0.00768 e. The highest BCUT2D eigenvalue weighted by Gasteiger charge is 2.13. The molecule has 0 heterocycles. The average molecular weight is 212 g/mol. The van der Waals surface area contributed by atoms with Crippen LogP contribution < -0.4 is 10.6 Å². The van der Waals surface area contributed by atoms with Gasteiger partial charge in [-0.15, -0.1) is 0 Å². The van der Waals surface area contributed by atoms with Gasteiger partial charge < -0.3 is 10.6 Å². The first-order valence-electron chi connectivity index (χ1n) is 6.70. The van der Waals surface area contributed by atoms with Gasteiger partial charge in [0.25, 0.3) is 0 Å². The zero-order chi connectivity index (χ0) is 10.9. The van der Waals surface area contributed by atoms with E-state index in [1.54, 1.807) is 0 Å². The Morgan fingerprint density at radius 3 is 2.33 bits per heavy atom. The molecule has 0 saturated heterocycles. The van der Waals surface area contributed by atoms with Crippen LogP contribution in [0, 0.1) is 11.8 Å². The van der Waals surface area contributed by atoms with Crippen LogP contribution in [-0.2, 0) is 0 Å². The Balaban J connectivity index is 1.76. The monoisotopic (exact) mass is 212 g/mol. The molecule has 1 fully saturated rings. The Kier molecular flexibility index (Phi) is 7.03. The highest BCUT2D eigenvalue weighted by molar-refractivity contribution is 4.68. The first-order chi connectivity index (χ1) is 7.29. The lowest BCUT2D eigenvalue weighted by Gasteiger charge is -2.10. The van der Waals surface area contributed by atoms with Gasteiger partial charge in [0.15, 0.2) is 0 Å². The molecule has 15 heavy (non-hydrogen) atoms. The molecule has 1 aliphatic rings. The third-order valence-corrected chi connectivity index (χ3v) is 3.24. The van der Waals surface area contributed by atoms with Gasteiger partial charge in [0.2, 0.25) is 0 Å². The Morgan fingerprint density at radius 2 is 1.67 bits per heavy atom. The van der Waals surface area contributed by atoms with E-state index in [2.05, 4.69) is 24.5 Å². The van der Waals surface area contributed by atoms with Crippen molar-refractivity contribution in [3.05, 3.63) is 0 Å². The van der Waals surface area contributed by atoms with Crippen molar-refractivity contribution in [3.8, 4) is 0 Å². The van der Waals surface area contributed by atoms with Crippen LogP contribution >= 0.6 is 0 Å². The summed E-state index contributed by atoms with van der Waals surface area (Å²) in [6.45, 7) is 9.10. The summed E-state index contributed by atoms with van der Waals surface area (Å²) >= 11 is 0. The lowest BCUT2D eigenvalue weighted by Crippen LogP contribution is -2.30. The zero-order valence-electron chi connectivity index (χ0n) is 10.5. The van der Waals surface area contributed by atoms with Crippen LogP contribution in [-0.4, -0.2) is 26.2 Å². The van der Waals surface area contributed by atoms with Crippen LogP contribution in [0.1, 0.15) is 46.0 Å². The molecule has 0 amide bonds. The van der Waals surface area contributed by atoms with Crippen LogP contribution in [0.25, 0.3) is 0 Å². The molecule has 0 aromatic rings. The first kappa shape index (κ1) is 13.0. The van der Waals surface area contributed by atoms with E-state index in [4.69, 9.17) is 0 Å². The van der Waals surface area contributed by atoms with E-state index in [9.17, 15) is 0 Å². The van der Waals surface area contributed by atoms with E-state index in [0.29, 0.717) is 0 Å².